The molecule has 4 heteroatoms. The number of nitrogens with zero attached hydrogens (tertiary/aromatic N) is 3. The van der Waals surface area contributed by atoms with E-state index < -0.39 is 0 Å². The van der Waals surface area contributed by atoms with E-state index in [0.29, 0.717) is 12.0 Å². The summed E-state index contributed by atoms with van der Waals surface area (Å²) in [7, 11) is 2.09. The maximum atomic E-state index is 4.71. The van der Waals surface area contributed by atoms with Gasteiger partial charge in [0.2, 0.25) is 0 Å². The van der Waals surface area contributed by atoms with Crippen LogP contribution in [0.4, 0.5) is 5.82 Å². The molecule has 1 heterocycles. The van der Waals surface area contributed by atoms with Crippen molar-refractivity contribution in [2.75, 3.05) is 18.5 Å². The minimum atomic E-state index is 0.211. The highest BCUT2D eigenvalue weighted by Gasteiger charge is 2.24. The molecule has 0 aromatic carbocycles. The normalized spacial score (nSPS) is 13.6. The molecule has 0 aliphatic carbocycles. The average Bonchev–Trinajstić information content (AvgIpc) is 2.36. The Labute approximate surface area is 124 Å². The smallest absolute Gasteiger partial charge is 0.147 e. The van der Waals surface area contributed by atoms with Gasteiger partial charge in [-0.3, -0.25) is 4.98 Å². The first-order valence-corrected chi connectivity index (χ1v) is 7.46. The van der Waals surface area contributed by atoms with Crippen LogP contribution in [0.2, 0.25) is 0 Å². The molecule has 0 radical (unpaired) electrons. The minimum Gasteiger partial charge on any atom is -0.355 e. The van der Waals surface area contributed by atoms with Crippen LogP contribution in [-0.4, -0.2) is 29.6 Å². The van der Waals surface area contributed by atoms with Crippen molar-refractivity contribution in [3.8, 4) is 0 Å². The van der Waals surface area contributed by atoms with Gasteiger partial charge in [0.25, 0.3) is 0 Å². The second-order valence-corrected chi connectivity index (χ2v) is 7.05. The highest BCUT2D eigenvalue weighted by molar-refractivity contribution is 5.37. The summed E-state index contributed by atoms with van der Waals surface area (Å²) >= 11 is 0. The first-order valence-electron chi connectivity index (χ1n) is 7.46. The Morgan fingerprint density at radius 1 is 1.20 bits per heavy atom. The molecular formula is C16H30N4. The molecule has 1 aromatic heterocycles. The summed E-state index contributed by atoms with van der Waals surface area (Å²) < 4.78 is 0. The summed E-state index contributed by atoms with van der Waals surface area (Å²) in [4.78, 5) is 11.2. The van der Waals surface area contributed by atoms with E-state index in [-0.39, 0.29) is 5.41 Å². The van der Waals surface area contributed by atoms with Crippen molar-refractivity contribution in [3.05, 3.63) is 18.1 Å². The van der Waals surface area contributed by atoms with Gasteiger partial charge in [-0.15, -0.1) is 0 Å². The van der Waals surface area contributed by atoms with Crippen molar-refractivity contribution >= 4 is 5.82 Å². The number of nitrogens with one attached hydrogen (secondary N) is 1. The van der Waals surface area contributed by atoms with Crippen LogP contribution in [0.15, 0.2) is 12.4 Å². The third-order valence-electron chi connectivity index (χ3n) is 3.73. The average molecular weight is 278 g/mol. The fraction of sp³-hybridized carbons (Fsp3) is 0.750. The summed E-state index contributed by atoms with van der Waals surface area (Å²) in [5.41, 5.74) is 1.21. The molecule has 0 fully saturated rings. The summed E-state index contributed by atoms with van der Waals surface area (Å²) in [5, 5.41) is 3.41. The Balaban J connectivity index is 2.72. The zero-order chi connectivity index (χ0) is 15.3. The summed E-state index contributed by atoms with van der Waals surface area (Å²) in [6.45, 7) is 15.1. The van der Waals surface area contributed by atoms with Gasteiger partial charge in [0.1, 0.15) is 5.82 Å². The largest absolute Gasteiger partial charge is 0.355 e. The Hall–Kier alpha value is -1.16. The SMILES string of the molecule is CC(C)CNCc1cncc(N(C)C(C)C(C)(C)C)n1. The molecular weight excluding hydrogens is 248 g/mol. The van der Waals surface area contributed by atoms with Gasteiger partial charge in [0.05, 0.1) is 11.9 Å². The quantitative estimate of drug-likeness (QED) is 0.868. The fourth-order valence-electron chi connectivity index (χ4n) is 1.92. The molecule has 0 saturated carbocycles. The Kier molecular flexibility index (Phi) is 5.93. The minimum absolute atomic E-state index is 0.211. The molecule has 1 N–H and O–H groups in total. The molecule has 0 amide bonds. The standard InChI is InChI=1S/C16H30N4/c1-12(2)8-17-9-14-10-18-11-15(19-14)20(7)13(3)16(4,5)6/h10-13,17H,8-9H2,1-7H3. The molecule has 0 spiro atoms. The predicted octanol–water partition coefficient (Wildman–Crippen LogP) is 3.09. The van der Waals surface area contributed by atoms with Crippen LogP contribution in [0.25, 0.3) is 0 Å². The van der Waals surface area contributed by atoms with E-state index in [4.69, 9.17) is 4.98 Å². The van der Waals surface area contributed by atoms with Crippen LogP contribution in [0, 0.1) is 11.3 Å². The molecule has 4 nitrogen and oxygen atoms in total. The van der Waals surface area contributed by atoms with Gasteiger partial charge in [0, 0.05) is 25.8 Å². The van der Waals surface area contributed by atoms with E-state index in [9.17, 15) is 0 Å². The third-order valence-corrected chi connectivity index (χ3v) is 3.73. The summed E-state index contributed by atoms with van der Waals surface area (Å²) in [6, 6.07) is 0.399. The van der Waals surface area contributed by atoms with Gasteiger partial charge in [-0.2, -0.15) is 0 Å². The highest BCUT2D eigenvalue weighted by atomic mass is 15.2. The topological polar surface area (TPSA) is 41.1 Å². The van der Waals surface area contributed by atoms with Crippen LogP contribution < -0.4 is 10.2 Å². The third kappa shape index (κ3) is 5.08. The van der Waals surface area contributed by atoms with Gasteiger partial charge >= 0.3 is 0 Å². The van der Waals surface area contributed by atoms with Crippen LogP contribution in [-0.2, 0) is 6.54 Å². The van der Waals surface area contributed by atoms with Crippen molar-refractivity contribution in [1.29, 1.82) is 0 Å². The van der Waals surface area contributed by atoms with Crippen molar-refractivity contribution in [2.24, 2.45) is 11.3 Å². The number of anilines is 1. The zero-order valence-electron chi connectivity index (χ0n) is 14.1. The zero-order valence-corrected chi connectivity index (χ0v) is 14.1. The lowest BCUT2D eigenvalue weighted by molar-refractivity contribution is 0.328. The van der Waals surface area contributed by atoms with Crippen molar-refractivity contribution < 1.29 is 0 Å². The van der Waals surface area contributed by atoms with Crippen molar-refractivity contribution in [3.63, 3.8) is 0 Å². The monoisotopic (exact) mass is 278 g/mol. The molecule has 0 saturated heterocycles. The Morgan fingerprint density at radius 3 is 2.40 bits per heavy atom. The summed E-state index contributed by atoms with van der Waals surface area (Å²) in [6.07, 6.45) is 3.68. The molecule has 0 aliphatic rings. The fourth-order valence-corrected chi connectivity index (χ4v) is 1.92. The number of hydrogen-bond donors (Lipinski definition) is 1. The van der Waals surface area contributed by atoms with E-state index in [1.54, 1.807) is 0 Å². The van der Waals surface area contributed by atoms with Gasteiger partial charge in [-0.1, -0.05) is 34.6 Å². The predicted molar refractivity (Wildman–Crippen MR) is 85.9 cm³/mol. The lowest BCUT2D eigenvalue weighted by atomic mass is 9.87. The van der Waals surface area contributed by atoms with E-state index in [1.165, 1.54) is 0 Å². The molecule has 0 bridgehead atoms. The van der Waals surface area contributed by atoms with E-state index in [2.05, 4.69) is 63.8 Å². The van der Waals surface area contributed by atoms with Gasteiger partial charge < -0.3 is 10.2 Å². The Morgan fingerprint density at radius 2 is 1.85 bits per heavy atom. The second-order valence-electron chi connectivity index (χ2n) is 7.05. The molecule has 1 unspecified atom stereocenters. The van der Waals surface area contributed by atoms with Crippen LogP contribution in [0.1, 0.15) is 47.2 Å². The maximum absolute atomic E-state index is 4.71. The Bertz CT molecular complexity index is 409. The lowest BCUT2D eigenvalue weighted by Crippen LogP contribution is -2.40. The molecule has 1 rings (SSSR count). The van der Waals surface area contributed by atoms with Crippen molar-refractivity contribution in [2.45, 2.75) is 54.1 Å². The second kappa shape index (κ2) is 7.02. The number of rotatable bonds is 6. The summed E-state index contributed by atoms with van der Waals surface area (Å²) in [5.74, 6) is 1.59. The van der Waals surface area contributed by atoms with Gasteiger partial charge in [-0.05, 0) is 24.8 Å². The van der Waals surface area contributed by atoms with Gasteiger partial charge in [0.15, 0.2) is 0 Å². The molecule has 114 valence electrons. The van der Waals surface area contributed by atoms with Crippen LogP contribution >= 0.6 is 0 Å². The van der Waals surface area contributed by atoms with Crippen LogP contribution in [0.5, 0.6) is 0 Å². The first kappa shape index (κ1) is 16.9. The molecule has 20 heavy (non-hydrogen) atoms. The van der Waals surface area contributed by atoms with Gasteiger partial charge in [-0.25, -0.2) is 4.98 Å². The number of aromatic nitrogens is 2. The van der Waals surface area contributed by atoms with E-state index >= 15 is 0 Å². The highest BCUT2D eigenvalue weighted by Crippen LogP contribution is 2.25. The lowest BCUT2D eigenvalue weighted by Gasteiger charge is -2.36. The molecule has 1 atom stereocenters. The van der Waals surface area contributed by atoms with Crippen LogP contribution in [0.3, 0.4) is 0 Å². The van der Waals surface area contributed by atoms with E-state index in [0.717, 1.165) is 24.6 Å². The molecule has 0 aliphatic heterocycles. The molecule has 1 aromatic rings. The van der Waals surface area contributed by atoms with Crippen molar-refractivity contribution in [1.82, 2.24) is 15.3 Å². The number of hydrogen-bond acceptors (Lipinski definition) is 4. The first-order chi connectivity index (χ1) is 9.21. The van der Waals surface area contributed by atoms with E-state index in [1.807, 2.05) is 12.4 Å². The maximum Gasteiger partial charge on any atom is 0.147 e.